The number of carbonyl (C=O) groups excluding carboxylic acids is 2. The first-order chi connectivity index (χ1) is 11.7. The molecule has 6 nitrogen and oxygen atoms in total. The fourth-order valence-electron chi connectivity index (χ4n) is 3.42. The van der Waals surface area contributed by atoms with Crippen LogP contribution in [0.2, 0.25) is 0 Å². The van der Waals surface area contributed by atoms with Crippen LogP contribution in [-0.4, -0.2) is 49.6 Å². The zero-order valence-corrected chi connectivity index (χ0v) is 15.6. The van der Waals surface area contributed by atoms with Crippen molar-refractivity contribution in [2.75, 3.05) is 33.1 Å². The lowest BCUT2D eigenvalue weighted by molar-refractivity contribution is -0.936. The van der Waals surface area contributed by atoms with Crippen molar-refractivity contribution >= 4 is 23.3 Å². The Balaban J connectivity index is 2.45. The molecule has 1 aliphatic rings. The number of anilines is 1. The van der Waals surface area contributed by atoms with Crippen molar-refractivity contribution in [2.45, 2.75) is 38.6 Å². The number of amides is 1. The number of benzene rings is 1. The van der Waals surface area contributed by atoms with Crippen LogP contribution in [0.4, 0.5) is 11.4 Å². The van der Waals surface area contributed by atoms with E-state index >= 15 is 0 Å². The summed E-state index contributed by atoms with van der Waals surface area (Å²) < 4.78 is 5.43. The summed E-state index contributed by atoms with van der Waals surface area (Å²) in [5.74, 6) is -0.634. The number of hydrogen-bond donors (Lipinski definition) is 1. The van der Waals surface area contributed by atoms with Gasteiger partial charge in [-0.1, -0.05) is 6.07 Å². The second kappa shape index (κ2) is 6.85. The molecule has 6 heteroatoms. The average molecular weight is 344 g/mol. The SMILES string of the molecule is [C-]#[N+]c1cc(C)c(NC(=O)C2([N+](C)(C)CC)CCC2)c(C(=O)OC)c1. The first kappa shape index (κ1) is 18.9. The van der Waals surface area contributed by atoms with Gasteiger partial charge in [-0.05, 0) is 31.9 Å². The maximum Gasteiger partial charge on any atom is 0.338 e. The summed E-state index contributed by atoms with van der Waals surface area (Å²) in [5, 5.41) is 2.97. The van der Waals surface area contributed by atoms with Gasteiger partial charge in [0.1, 0.15) is 0 Å². The zero-order valence-electron chi connectivity index (χ0n) is 15.6. The topological polar surface area (TPSA) is 59.8 Å². The second-order valence-electron chi connectivity index (χ2n) is 7.13. The van der Waals surface area contributed by atoms with E-state index in [1.807, 2.05) is 0 Å². The van der Waals surface area contributed by atoms with Gasteiger partial charge in [-0.15, -0.1) is 0 Å². The minimum atomic E-state index is -0.559. The van der Waals surface area contributed by atoms with Crippen molar-refractivity contribution in [3.8, 4) is 0 Å². The Morgan fingerprint density at radius 3 is 2.44 bits per heavy atom. The van der Waals surface area contributed by atoms with Crippen LogP contribution in [-0.2, 0) is 9.53 Å². The second-order valence-corrected chi connectivity index (χ2v) is 7.13. The van der Waals surface area contributed by atoms with Crippen LogP contribution < -0.4 is 5.32 Å². The molecule has 0 spiro atoms. The smallest absolute Gasteiger partial charge is 0.338 e. The first-order valence-corrected chi connectivity index (χ1v) is 8.47. The molecule has 0 heterocycles. The minimum absolute atomic E-state index is 0.0746. The van der Waals surface area contributed by atoms with Crippen LogP contribution in [0.3, 0.4) is 0 Å². The van der Waals surface area contributed by atoms with Gasteiger partial charge in [0.2, 0.25) is 0 Å². The Kier molecular flexibility index (Phi) is 5.19. The quantitative estimate of drug-likeness (QED) is 0.506. The lowest BCUT2D eigenvalue weighted by atomic mass is 9.73. The summed E-state index contributed by atoms with van der Waals surface area (Å²) in [6.07, 6.45) is 2.67. The highest BCUT2D eigenvalue weighted by molar-refractivity contribution is 6.05. The molecule has 0 aliphatic heterocycles. The van der Waals surface area contributed by atoms with Gasteiger partial charge in [-0.2, -0.15) is 0 Å². The summed E-state index contributed by atoms with van der Waals surface area (Å²) in [4.78, 5) is 28.7. The maximum atomic E-state index is 13.2. The molecule has 1 N–H and O–H groups in total. The predicted molar refractivity (Wildman–Crippen MR) is 96.6 cm³/mol. The fraction of sp³-hybridized carbons (Fsp3) is 0.526. The summed E-state index contributed by atoms with van der Waals surface area (Å²) in [6, 6.07) is 3.14. The molecule has 0 aromatic heterocycles. The summed E-state index contributed by atoms with van der Waals surface area (Å²) in [6.45, 7) is 11.9. The third kappa shape index (κ3) is 3.12. The Morgan fingerprint density at radius 2 is 2.00 bits per heavy atom. The van der Waals surface area contributed by atoms with Gasteiger partial charge < -0.3 is 14.5 Å². The van der Waals surface area contributed by atoms with Crippen molar-refractivity contribution in [2.24, 2.45) is 0 Å². The molecule has 25 heavy (non-hydrogen) atoms. The molecule has 1 aromatic carbocycles. The van der Waals surface area contributed by atoms with Gasteiger partial charge in [0.05, 0.1) is 45.6 Å². The van der Waals surface area contributed by atoms with Gasteiger partial charge in [0.25, 0.3) is 5.91 Å². The van der Waals surface area contributed by atoms with E-state index in [2.05, 4.69) is 31.2 Å². The molecule has 0 unspecified atom stereocenters. The number of esters is 1. The number of methoxy groups -OCH3 is 1. The monoisotopic (exact) mass is 344 g/mol. The molecule has 0 saturated heterocycles. The van der Waals surface area contributed by atoms with E-state index in [0.29, 0.717) is 21.4 Å². The van der Waals surface area contributed by atoms with Crippen LogP contribution in [0.15, 0.2) is 12.1 Å². The summed E-state index contributed by atoms with van der Waals surface area (Å²) in [5.41, 5.74) is 1.20. The molecular formula is C19H26N3O3+. The van der Waals surface area contributed by atoms with E-state index in [0.717, 1.165) is 25.8 Å². The highest BCUT2D eigenvalue weighted by Gasteiger charge is 2.56. The number of nitrogens with zero attached hydrogens (tertiary/aromatic N) is 2. The van der Waals surface area contributed by atoms with Gasteiger partial charge in [-0.3, -0.25) is 4.79 Å². The van der Waals surface area contributed by atoms with E-state index in [-0.39, 0.29) is 11.5 Å². The van der Waals surface area contributed by atoms with Crippen LogP contribution in [0.25, 0.3) is 4.85 Å². The van der Waals surface area contributed by atoms with E-state index < -0.39 is 11.5 Å². The molecular weight excluding hydrogens is 318 g/mol. The molecule has 1 saturated carbocycles. The predicted octanol–water partition coefficient (Wildman–Crippen LogP) is 3.29. The molecule has 0 atom stereocenters. The number of hydrogen-bond acceptors (Lipinski definition) is 3. The molecule has 1 fully saturated rings. The molecule has 1 aliphatic carbocycles. The highest BCUT2D eigenvalue weighted by Crippen LogP contribution is 2.42. The number of rotatable bonds is 5. The zero-order chi connectivity index (χ0) is 18.8. The van der Waals surface area contributed by atoms with Gasteiger partial charge in [0, 0.05) is 12.8 Å². The lowest BCUT2D eigenvalue weighted by Gasteiger charge is -2.52. The maximum absolute atomic E-state index is 13.2. The van der Waals surface area contributed by atoms with Gasteiger partial charge in [-0.25, -0.2) is 9.64 Å². The Labute approximate surface area is 149 Å². The number of nitrogens with one attached hydrogen (secondary N) is 1. The van der Waals surface area contributed by atoms with Crippen LogP contribution >= 0.6 is 0 Å². The van der Waals surface area contributed by atoms with E-state index in [1.54, 1.807) is 13.0 Å². The molecule has 0 bridgehead atoms. The third-order valence-electron chi connectivity index (χ3n) is 5.65. The van der Waals surface area contributed by atoms with Crippen molar-refractivity contribution < 1.29 is 18.8 Å². The van der Waals surface area contributed by atoms with E-state index in [1.165, 1.54) is 13.2 Å². The van der Waals surface area contributed by atoms with Crippen LogP contribution in [0.5, 0.6) is 0 Å². The molecule has 134 valence electrons. The third-order valence-corrected chi connectivity index (χ3v) is 5.65. The van der Waals surface area contributed by atoms with Gasteiger partial charge in [0.15, 0.2) is 11.2 Å². The largest absolute Gasteiger partial charge is 0.465 e. The normalized spacial score (nSPS) is 15.7. The van der Waals surface area contributed by atoms with Crippen molar-refractivity contribution in [3.05, 3.63) is 34.7 Å². The van der Waals surface area contributed by atoms with E-state index in [4.69, 9.17) is 11.3 Å². The lowest BCUT2D eigenvalue weighted by Crippen LogP contribution is -2.69. The number of likely N-dealkylation sites (N-methyl/N-ethyl adjacent to an activating group) is 1. The molecule has 2 rings (SSSR count). The Hall–Kier alpha value is -2.39. The van der Waals surface area contributed by atoms with Crippen molar-refractivity contribution in [1.82, 2.24) is 0 Å². The number of quaternary nitrogens is 1. The Morgan fingerprint density at radius 1 is 1.36 bits per heavy atom. The number of aryl methyl sites for hydroxylation is 1. The van der Waals surface area contributed by atoms with E-state index in [9.17, 15) is 9.59 Å². The number of ether oxygens (including phenoxy) is 1. The Bertz CT molecular complexity index is 743. The van der Waals surface area contributed by atoms with Crippen molar-refractivity contribution in [1.29, 1.82) is 0 Å². The molecule has 0 radical (unpaired) electrons. The summed E-state index contributed by atoms with van der Waals surface area (Å²) in [7, 11) is 5.42. The van der Waals surface area contributed by atoms with Crippen molar-refractivity contribution in [3.63, 3.8) is 0 Å². The highest BCUT2D eigenvalue weighted by atomic mass is 16.5. The van der Waals surface area contributed by atoms with Crippen LogP contribution in [0, 0.1) is 13.5 Å². The molecule has 1 amide bonds. The molecule has 1 aromatic rings. The average Bonchev–Trinajstić information content (AvgIpc) is 2.54. The fourth-order valence-corrected chi connectivity index (χ4v) is 3.42. The number of carbonyl (C=O) groups is 2. The standard InChI is InChI=1S/C19H25N3O3/c1-7-22(4,5)19(9-8-10-19)18(24)21-16-13(2)11-14(20-3)12-15(16)17(23)25-6/h11-12H,7-10H2,1-2,4-6H3/p+1. The van der Waals surface area contributed by atoms with Crippen LogP contribution in [0.1, 0.15) is 42.1 Å². The minimum Gasteiger partial charge on any atom is -0.465 e. The summed E-state index contributed by atoms with van der Waals surface area (Å²) >= 11 is 0. The van der Waals surface area contributed by atoms with Gasteiger partial charge >= 0.3 is 5.97 Å². The first-order valence-electron chi connectivity index (χ1n) is 8.47.